The first-order valence-electron chi connectivity index (χ1n) is 12.0. The lowest BCUT2D eigenvalue weighted by molar-refractivity contribution is -0.118. The van der Waals surface area contributed by atoms with E-state index in [-0.39, 0.29) is 28.9 Å². The molecule has 6 nitrogen and oxygen atoms in total. The number of aromatic nitrogens is 2. The minimum atomic E-state index is -0.486. The van der Waals surface area contributed by atoms with Crippen molar-refractivity contribution in [2.75, 3.05) is 10.2 Å². The number of hydrogen-bond acceptors (Lipinski definition) is 3. The zero-order chi connectivity index (χ0) is 27.0. The summed E-state index contributed by atoms with van der Waals surface area (Å²) in [5.41, 5.74) is 3.65. The first-order chi connectivity index (χ1) is 18.2. The van der Waals surface area contributed by atoms with E-state index in [1.54, 1.807) is 30.5 Å². The Balaban J connectivity index is 1.61. The molecule has 2 atom stereocenters. The molecular formula is C28H24Cl2FN5OS. The molecular weight excluding hydrogens is 544 g/mol. The average molecular weight is 569 g/mol. The van der Waals surface area contributed by atoms with Crippen LogP contribution >= 0.6 is 35.4 Å². The Hall–Kier alpha value is -3.46. The standard InChI is InChI=1S/C28H24Cl2FN5OS/c1-16(2)27(37)33-22-11-9-18(15-20(22)30)36-26(25(34-28(36)38)23-6-3-4-12-32-23)24-7-5-13-35(24)17-8-10-21(31)19(29)14-17/h3-16,25-26H,1-2H3,(H,33,37)(H,34,38)/t25-,26-/m0/s1. The molecule has 1 fully saturated rings. The van der Waals surface area contributed by atoms with E-state index in [1.807, 2.05) is 65.9 Å². The van der Waals surface area contributed by atoms with Gasteiger partial charge in [0, 0.05) is 35.4 Å². The van der Waals surface area contributed by atoms with Gasteiger partial charge in [0.25, 0.3) is 0 Å². The van der Waals surface area contributed by atoms with Crippen molar-refractivity contribution in [2.45, 2.75) is 25.9 Å². The average Bonchev–Trinajstić information content (AvgIpc) is 3.51. The van der Waals surface area contributed by atoms with Gasteiger partial charge < -0.3 is 20.1 Å². The molecule has 0 unspecified atom stereocenters. The van der Waals surface area contributed by atoms with Crippen LogP contribution in [-0.4, -0.2) is 20.6 Å². The summed E-state index contributed by atoms with van der Waals surface area (Å²) in [6.07, 6.45) is 3.63. The van der Waals surface area contributed by atoms with Crippen molar-refractivity contribution in [3.63, 3.8) is 0 Å². The second-order valence-corrected chi connectivity index (χ2v) is 10.4. The third-order valence-corrected chi connectivity index (χ3v) is 7.29. The lowest BCUT2D eigenvalue weighted by Gasteiger charge is -2.29. The number of thiocarbonyl (C=S) groups is 1. The monoisotopic (exact) mass is 567 g/mol. The van der Waals surface area contributed by atoms with Gasteiger partial charge in [-0.15, -0.1) is 0 Å². The molecule has 5 rings (SSSR count). The second-order valence-electron chi connectivity index (χ2n) is 9.21. The van der Waals surface area contributed by atoms with Crippen LogP contribution in [0.4, 0.5) is 15.8 Å². The van der Waals surface area contributed by atoms with Gasteiger partial charge in [-0.1, -0.05) is 43.1 Å². The van der Waals surface area contributed by atoms with Crippen LogP contribution in [0.5, 0.6) is 0 Å². The van der Waals surface area contributed by atoms with Gasteiger partial charge in [-0.2, -0.15) is 0 Å². The lowest BCUT2D eigenvalue weighted by atomic mass is 10.0. The minimum Gasteiger partial charge on any atom is -0.351 e. The highest BCUT2D eigenvalue weighted by Crippen LogP contribution is 2.43. The van der Waals surface area contributed by atoms with Crippen molar-refractivity contribution in [1.82, 2.24) is 14.9 Å². The van der Waals surface area contributed by atoms with E-state index in [4.69, 9.17) is 35.4 Å². The molecule has 1 aliphatic rings. The van der Waals surface area contributed by atoms with Gasteiger partial charge in [-0.05, 0) is 72.9 Å². The number of carbonyl (C=O) groups excluding carboxylic acids is 1. The first kappa shape index (κ1) is 26.2. The Morgan fingerprint density at radius 3 is 2.50 bits per heavy atom. The van der Waals surface area contributed by atoms with Gasteiger partial charge in [0.05, 0.1) is 27.5 Å². The summed E-state index contributed by atoms with van der Waals surface area (Å²) in [4.78, 5) is 18.8. The summed E-state index contributed by atoms with van der Waals surface area (Å²) in [5, 5.41) is 7.19. The van der Waals surface area contributed by atoms with Crippen molar-refractivity contribution in [3.05, 3.63) is 106 Å². The SMILES string of the molecule is CC(C)C(=O)Nc1ccc(N2C(=S)N[C@@H](c3ccccn3)[C@@H]2c2cccn2-c2ccc(F)c(Cl)c2)cc1Cl. The predicted octanol–water partition coefficient (Wildman–Crippen LogP) is 7.09. The van der Waals surface area contributed by atoms with E-state index < -0.39 is 5.82 Å². The van der Waals surface area contributed by atoms with E-state index >= 15 is 0 Å². The van der Waals surface area contributed by atoms with Crippen LogP contribution in [0, 0.1) is 11.7 Å². The number of hydrogen-bond donors (Lipinski definition) is 2. The van der Waals surface area contributed by atoms with Crippen LogP contribution in [0.3, 0.4) is 0 Å². The largest absolute Gasteiger partial charge is 0.351 e. The van der Waals surface area contributed by atoms with Crippen molar-refractivity contribution in [2.24, 2.45) is 5.92 Å². The van der Waals surface area contributed by atoms with Crippen LogP contribution in [0.15, 0.2) is 79.1 Å². The molecule has 38 heavy (non-hydrogen) atoms. The number of benzene rings is 2. The Bertz CT molecular complexity index is 1510. The maximum absolute atomic E-state index is 13.9. The smallest absolute Gasteiger partial charge is 0.226 e. The number of anilines is 2. The zero-order valence-electron chi connectivity index (χ0n) is 20.5. The maximum Gasteiger partial charge on any atom is 0.226 e. The van der Waals surface area contributed by atoms with Crippen molar-refractivity contribution in [3.8, 4) is 5.69 Å². The number of nitrogens with one attached hydrogen (secondary N) is 2. The number of rotatable bonds is 6. The molecule has 1 aliphatic heterocycles. The molecule has 0 spiro atoms. The van der Waals surface area contributed by atoms with Crippen LogP contribution < -0.4 is 15.5 Å². The summed E-state index contributed by atoms with van der Waals surface area (Å²) in [6.45, 7) is 3.63. The third kappa shape index (κ3) is 4.99. The number of halogens is 3. The fourth-order valence-electron chi connectivity index (χ4n) is 4.47. The van der Waals surface area contributed by atoms with Gasteiger partial charge in [0.1, 0.15) is 11.9 Å². The quantitative estimate of drug-likeness (QED) is 0.243. The number of nitrogens with zero attached hydrogens (tertiary/aromatic N) is 3. The number of carbonyl (C=O) groups is 1. The minimum absolute atomic E-state index is 0.0335. The van der Waals surface area contributed by atoms with E-state index in [1.165, 1.54) is 6.07 Å². The van der Waals surface area contributed by atoms with Crippen molar-refractivity contribution < 1.29 is 9.18 Å². The Morgan fingerprint density at radius 2 is 1.82 bits per heavy atom. The highest BCUT2D eigenvalue weighted by atomic mass is 35.5. The molecule has 0 bridgehead atoms. The topological polar surface area (TPSA) is 62.2 Å². The van der Waals surface area contributed by atoms with Crippen molar-refractivity contribution in [1.29, 1.82) is 0 Å². The van der Waals surface area contributed by atoms with E-state index in [9.17, 15) is 9.18 Å². The summed E-state index contributed by atoms with van der Waals surface area (Å²) in [7, 11) is 0. The fourth-order valence-corrected chi connectivity index (χ4v) is 5.21. The second kappa shape index (κ2) is 10.7. The lowest BCUT2D eigenvalue weighted by Crippen LogP contribution is -2.30. The van der Waals surface area contributed by atoms with Gasteiger partial charge in [-0.3, -0.25) is 9.78 Å². The highest BCUT2D eigenvalue weighted by Gasteiger charge is 2.42. The molecule has 0 saturated carbocycles. The van der Waals surface area contributed by atoms with Crippen LogP contribution in [0.1, 0.15) is 37.3 Å². The van der Waals surface area contributed by atoms with Crippen LogP contribution in [-0.2, 0) is 4.79 Å². The Kier molecular flexibility index (Phi) is 7.38. The van der Waals surface area contributed by atoms with Gasteiger partial charge in [0.15, 0.2) is 5.11 Å². The molecule has 4 aromatic rings. The van der Waals surface area contributed by atoms with Gasteiger partial charge in [0.2, 0.25) is 5.91 Å². The molecule has 2 aromatic carbocycles. The van der Waals surface area contributed by atoms with Crippen molar-refractivity contribution >= 4 is 57.8 Å². The highest BCUT2D eigenvalue weighted by molar-refractivity contribution is 7.80. The van der Waals surface area contributed by atoms with Gasteiger partial charge in [-0.25, -0.2) is 4.39 Å². The van der Waals surface area contributed by atoms with Crippen LogP contribution in [0.25, 0.3) is 5.69 Å². The molecule has 10 heteroatoms. The predicted molar refractivity (Wildman–Crippen MR) is 154 cm³/mol. The number of pyridine rings is 1. The van der Waals surface area contributed by atoms with E-state index in [2.05, 4.69) is 15.6 Å². The summed E-state index contributed by atoms with van der Waals surface area (Å²) >= 11 is 18.6. The maximum atomic E-state index is 13.9. The molecule has 194 valence electrons. The summed E-state index contributed by atoms with van der Waals surface area (Å²) in [6, 6.07) is 19.0. The zero-order valence-corrected chi connectivity index (χ0v) is 22.9. The molecule has 0 radical (unpaired) electrons. The van der Waals surface area contributed by atoms with Crippen LogP contribution in [0.2, 0.25) is 10.0 Å². The molecule has 3 heterocycles. The molecule has 2 aromatic heterocycles. The number of amides is 1. The molecule has 2 N–H and O–H groups in total. The van der Waals surface area contributed by atoms with E-state index in [0.717, 1.165) is 17.1 Å². The molecule has 1 amide bonds. The molecule has 0 aliphatic carbocycles. The summed E-state index contributed by atoms with van der Waals surface area (Å²) in [5.74, 6) is -0.792. The fraction of sp³-hybridized carbons (Fsp3) is 0.179. The normalized spacial score (nSPS) is 17.1. The Morgan fingerprint density at radius 1 is 1.05 bits per heavy atom. The first-order valence-corrected chi connectivity index (χ1v) is 13.1. The van der Waals surface area contributed by atoms with E-state index in [0.29, 0.717) is 21.5 Å². The molecule has 1 saturated heterocycles. The summed E-state index contributed by atoms with van der Waals surface area (Å²) < 4.78 is 15.9. The van der Waals surface area contributed by atoms with Gasteiger partial charge >= 0.3 is 0 Å². The third-order valence-electron chi connectivity index (χ3n) is 6.38. The Labute approximate surface area is 235 Å².